The maximum Gasteiger partial charge on any atom is 0.223 e. The van der Waals surface area contributed by atoms with E-state index in [0.717, 1.165) is 25.3 Å². The molecular formula is C22H27ClF2N2O3. The van der Waals surface area contributed by atoms with Crippen LogP contribution in [0.2, 0.25) is 5.02 Å². The minimum absolute atomic E-state index is 0.181. The van der Waals surface area contributed by atoms with Crippen LogP contribution in [0.5, 0.6) is 0 Å². The Labute approximate surface area is 179 Å². The molecule has 0 bridgehead atoms. The number of carbonyl (C=O) groups is 2. The SMILES string of the molecule is CC(=O)N[C@H]1C[C@@H](C(=O)N[C@H](c2c(F)ccc(Cl)c2F)C2(C)C[C@H]3C[C@H]3C2)C[C@H]1O. The van der Waals surface area contributed by atoms with Gasteiger partial charge in [-0.25, -0.2) is 8.78 Å². The second-order valence-corrected chi connectivity index (χ2v) is 9.97. The average Bonchev–Trinajstić information content (AvgIpc) is 3.11. The third kappa shape index (κ3) is 3.94. The first-order chi connectivity index (χ1) is 14.1. The van der Waals surface area contributed by atoms with E-state index in [-0.39, 0.29) is 35.2 Å². The zero-order chi connectivity index (χ0) is 21.8. The molecule has 1 unspecified atom stereocenters. The van der Waals surface area contributed by atoms with E-state index in [2.05, 4.69) is 10.6 Å². The maximum atomic E-state index is 14.9. The molecule has 0 aromatic heterocycles. The number of nitrogens with one attached hydrogen (secondary N) is 2. The largest absolute Gasteiger partial charge is 0.391 e. The van der Waals surface area contributed by atoms with Crippen LogP contribution in [0.15, 0.2) is 12.1 Å². The predicted octanol–water partition coefficient (Wildman–Crippen LogP) is 3.49. The average molecular weight is 441 g/mol. The number of halogens is 3. The molecular weight excluding hydrogens is 414 g/mol. The van der Waals surface area contributed by atoms with Crippen molar-refractivity contribution in [2.45, 2.75) is 64.1 Å². The molecule has 8 heteroatoms. The number of carbonyl (C=O) groups excluding carboxylic acids is 2. The van der Waals surface area contributed by atoms with Crippen LogP contribution in [0.25, 0.3) is 0 Å². The van der Waals surface area contributed by atoms with Gasteiger partial charge in [0.1, 0.15) is 11.6 Å². The molecule has 1 aromatic rings. The summed E-state index contributed by atoms with van der Waals surface area (Å²) in [5.41, 5.74) is -0.680. The molecule has 2 amide bonds. The van der Waals surface area contributed by atoms with Gasteiger partial charge in [-0.2, -0.15) is 0 Å². The van der Waals surface area contributed by atoms with E-state index in [1.165, 1.54) is 13.0 Å². The highest BCUT2D eigenvalue weighted by Gasteiger charge is 2.56. The first-order valence-electron chi connectivity index (χ1n) is 10.5. The van der Waals surface area contributed by atoms with Gasteiger partial charge in [-0.05, 0) is 61.5 Å². The van der Waals surface area contributed by atoms with E-state index < -0.39 is 41.2 Å². The molecule has 30 heavy (non-hydrogen) atoms. The topological polar surface area (TPSA) is 78.4 Å². The standard InChI is InChI=1S/C22H27ClF2N2O3/c1-10(28)26-16-6-11(7-17(16)29)21(30)27-20(22(2)8-12-5-13(12)9-22)18-15(24)4-3-14(23)19(18)25/h3-4,11-13,16-17,20,29H,5-9H2,1-2H3,(H,26,28)(H,27,30)/t11-,12-,13+,16+,17-,20-,22?/m1/s1. The molecule has 0 saturated heterocycles. The minimum atomic E-state index is -0.853. The van der Waals surface area contributed by atoms with Gasteiger partial charge < -0.3 is 15.7 Å². The Kier molecular flexibility index (Phi) is 5.56. The van der Waals surface area contributed by atoms with E-state index in [9.17, 15) is 23.5 Å². The Morgan fingerprint density at radius 1 is 1.20 bits per heavy atom. The molecule has 3 aliphatic carbocycles. The summed E-state index contributed by atoms with van der Waals surface area (Å²) >= 11 is 5.94. The van der Waals surface area contributed by atoms with Gasteiger partial charge in [-0.1, -0.05) is 18.5 Å². The van der Waals surface area contributed by atoms with Crippen molar-refractivity contribution in [2.24, 2.45) is 23.2 Å². The molecule has 0 spiro atoms. The third-order valence-electron chi connectivity index (χ3n) is 7.17. The molecule has 0 heterocycles. The van der Waals surface area contributed by atoms with Gasteiger partial charge >= 0.3 is 0 Å². The quantitative estimate of drug-likeness (QED) is 0.613. The summed E-state index contributed by atoms with van der Waals surface area (Å²) in [7, 11) is 0. The lowest BCUT2D eigenvalue weighted by molar-refractivity contribution is -0.127. The Morgan fingerprint density at radius 3 is 2.50 bits per heavy atom. The van der Waals surface area contributed by atoms with Crippen molar-refractivity contribution in [2.75, 3.05) is 0 Å². The highest BCUT2D eigenvalue weighted by atomic mass is 35.5. The third-order valence-corrected chi connectivity index (χ3v) is 7.46. The Bertz CT molecular complexity index is 870. The summed E-state index contributed by atoms with van der Waals surface area (Å²) in [6, 6.07) is 0.943. The van der Waals surface area contributed by atoms with Crippen molar-refractivity contribution in [3.8, 4) is 0 Å². The monoisotopic (exact) mass is 440 g/mol. The summed E-state index contributed by atoms with van der Waals surface area (Å²) in [5, 5.41) is 15.6. The number of aliphatic hydroxyl groups is 1. The van der Waals surface area contributed by atoms with Gasteiger partial charge in [0.2, 0.25) is 11.8 Å². The highest BCUT2D eigenvalue weighted by Crippen LogP contribution is 2.63. The number of hydrogen-bond acceptors (Lipinski definition) is 3. The molecule has 0 aliphatic heterocycles. The van der Waals surface area contributed by atoms with Crippen molar-refractivity contribution in [3.63, 3.8) is 0 Å². The van der Waals surface area contributed by atoms with Crippen molar-refractivity contribution >= 4 is 23.4 Å². The first-order valence-corrected chi connectivity index (χ1v) is 10.9. The van der Waals surface area contributed by atoms with Gasteiger partial charge in [0.15, 0.2) is 0 Å². The lowest BCUT2D eigenvalue weighted by atomic mass is 9.74. The van der Waals surface area contributed by atoms with Crippen LogP contribution in [0.1, 0.15) is 57.6 Å². The van der Waals surface area contributed by atoms with Gasteiger partial charge in [-0.15, -0.1) is 0 Å². The Balaban J connectivity index is 1.59. The maximum absolute atomic E-state index is 14.9. The molecule has 3 aliphatic rings. The zero-order valence-corrected chi connectivity index (χ0v) is 17.8. The van der Waals surface area contributed by atoms with Gasteiger partial charge in [0.05, 0.1) is 23.2 Å². The summed E-state index contributed by atoms with van der Waals surface area (Å²) in [4.78, 5) is 24.4. The van der Waals surface area contributed by atoms with E-state index in [4.69, 9.17) is 11.6 Å². The summed E-state index contributed by atoms with van der Waals surface area (Å²) in [5.74, 6) is -1.69. The molecule has 3 saturated carbocycles. The lowest BCUT2D eigenvalue weighted by Crippen LogP contribution is -2.42. The van der Waals surface area contributed by atoms with E-state index in [0.29, 0.717) is 11.8 Å². The summed E-state index contributed by atoms with van der Waals surface area (Å²) in [6.07, 6.45) is 2.33. The number of benzene rings is 1. The Hall–Kier alpha value is -1.73. The van der Waals surface area contributed by atoms with Crippen molar-refractivity contribution in [1.29, 1.82) is 0 Å². The Morgan fingerprint density at radius 2 is 1.87 bits per heavy atom. The van der Waals surface area contributed by atoms with Crippen LogP contribution in [-0.4, -0.2) is 29.1 Å². The number of aliphatic hydroxyl groups excluding tert-OH is 1. The summed E-state index contributed by atoms with van der Waals surface area (Å²) < 4.78 is 29.7. The van der Waals surface area contributed by atoms with Crippen molar-refractivity contribution < 1.29 is 23.5 Å². The molecule has 1 aromatic carbocycles. The van der Waals surface area contributed by atoms with Gasteiger partial charge in [0.25, 0.3) is 0 Å². The number of fused-ring (bicyclic) bond motifs is 1. The molecule has 4 rings (SSSR count). The normalized spacial score (nSPS) is 35.6. The second-order valence-electron chi connectivity index (χ2n) is 9.56. The summed E-state index contributed by atoms with van der Waals surface area (Å²) in [6.45, 7) is 3.32. The van der Waals surface area contributed by atoms with Crippen LogP contribution >= 0.6 is 11.6 Å². The van der Waals surface area contributed by atoms with Crippen LogP contribution < -0.4 is 10.6 Å². The molecule has 5 nitrogen and oxygen atoms in total. The fourth-order valence-electron chi connectivity index (χ4n) is 5.64. The number of amides is 2. The van der Waals surface area contributed by atoms with E-state index in [1.54, 1.807) is 0 Å². The molecule has 3 N–H and O–H groups in total. The predicted molar refractivity (Wildman–Crippen MR) is 108 cm³/mol. The van der Waals surface area contributed by atoms with Gasteiger partial charge in [-0.3, -0.25) is 9.59 Å². The highest BCUT2D eigenvalue weighted by molar-refractivity contribution is 6.30. The van der Waals surface area contributed by atoms with Crippen molar-refractivity contribution in [3.05, 3.63) is 34.4 Å². The van der Waals surface area contributed by atoms with Crippen LogP contribution in [0.3, 0.4) is 0 Å². The zero-order valence-electron chi connectivity index (χ0n) is 17.1. The molecule has 0 radical (unpaired) electrons. The van der Waals surface area contributed by atoms with Crippen LogP contribution in [0, 0.1) is 34.8 Å². The van der Waals surface area contributed by atoms with Crippen LogP contribution in [-0.2, 0) is 9.59 Å². The van der Waals surface area contributed by atoms with Crippen molar-refractivity contribution in [1.82, 2.24) is 10.6 Å². The lowest BCUT2D eigenvalue weighted by Gasteiger charge is -2.37. The fraction of sp³-hybridized carbons (Fsp3) is 0.636. The first kappa shape index (κ1) is 21.5. The van der Waals surface area contributed by atoms with Gasteiger partial charge in [0, 0.05) is 18.4 Å². The molecule has 3 fully saturated rings. The smallest absolute Gasteiger partial charge is 0.223 e. The number of hydrogen-bond donors (Lipinski definition) is 3. The molecule has 7 atom stereocenters. The van der Waals surface area contributed by atoms with Crippen LogP contribution in [0.4, 0.5) is 8.78 Å². The fourth-order valence-corrected chi connectivity index (χ4v) is 5.80. The molecule has 164 valence electrons. The second kappa shape index (κ2) is 7.75. The van der Waals surface area contributed by atoms with E-state index in [1.807, 2.05) is 6.92 Å². The number of rotatable bonds is 5. The van der Waals surface area contributed by atoms with E-state index >= 15 is 0 Å². The minimum Gasteiger partial charge on any atom is -0.391 e.